The fraction of sp³-hybridized carbons (Fsp3) is 0.318. The fourth-order valence-corrected chi connectivity index (χ4v) is 3.72. The molecular weight excluding hydrogens is 486 g/mol. The second-order valence-corrected chi connectivity index (χ2v) is 7.62. The average Bonchev–Trinajstić information content (AvgIpc) is 3.08. The molecule has 2 aromatic rings. The van der Waals surface area contributed by atoms with Crippen molar-refractivity contribution in [1.82, 2.24) is 10.6 Å². The van der Waals surface area contributed by atoms with Crippen LogP contribution in [0.1, 0.15) is 17.0 Å². The third-order valence-electron chi connectivity index (χ3n) is 5.37. The standard InChI is InChI=1S/C22H18F6N2O5/c23-21(24,25)16(18(31)30-17(19(32)33)22(26,27)28)9-29-20(34)35-10-15-13-7-3-1-5-11(13)12-6-2-4-8-14(12)15/h1-8,15-17H,9-10H2,(H,29,34)(H,30,31)(H,32,33). The van der Waals surface area contributed by atoms with Crippen LogP contribution in [0.25, 0.3) is 11.1 Å². The first-order valence-electron chi connectivity index (χ1n) is 10.1. The largest absolute Gasteiger partial charge is 0.479 e. The molecule has 0 heterocycles. The summed E-state index contributed by atoms with van der Waals surface area (Å²) in [5.41, 5.74) is 3.48. The summed E-state index contributed by atoms with van der Waals surface area (Å²) in [6.45, 7) is -1.71. The molecule has 0 radical (unpaired) electrons. The quantitative estimate of drug-likeness (QED) is 0.498. The Bertz CT molecular complexity index is 1070. The normalized spacial score (nSPS) is 14.9. The summed E-state index contributed by atoms with van der Waals surface area (Å²) in [5, 5.41) is 11.1. The van der Waals surface area contributed by atoms with E-state index in [9.17, 15) is 40.7 Å². The number of hydrogen-bond acceptors (Lipinski definition) is 4. The van der Waals surface area contributed by atoms with Gasteiger partial charge in [0.05, 0.1) is 0 Å². The number of carbonyl (C=O) groups is 3. The predicted octanol–water partition coefficient (Wildman–Crippen LogP) is 3.84. The van der Waals surface area contributed by atoms with E-state index in [0.717, 1.165) is 27.6 Å². The fourth-order valence-electron chi connectivity index (χ4n) is 3.72. The number of carboxylic acid groups (broad SMARTS) is 1. The second-order valence-electron chi connectivity index (χ2n) is 7.62. The van der Waals surface area contributed by atoms with Gasteiger partial charge in [-0.3, -0.25) is 4.79 Å². The van der Waals surface area contributed by atoms with Gasteiger partial charge in [-0.15, -0.1) is 0 Å². The monoisotopic (exact) mass is 504 g/mol. The second kappa shape index (κ2) is 9.84. The Kier molecular flexibility index (Phi) is 7.27. The summed E-state index contributed by atoms with van der Waals surface area (Å²) in [7, 11) is 0. The van der Waals surface area contributed by atoms with Crippen molar-refractivity contribution in [1.29, 1.82) is 0 Å². The van der Waals surface area contributed by atoms with E-state index in [1.807, 2.05) is 36.4 Å². The Morgan fingerprint density at radius 3 is 1.86 bits per heavy atom. The lowest BCUT2D eigenvalue weighted by Crippen LogP contribution is -2.55. The molecule has 3 rings (SSSR count). The number of nitrogens with one attached hydrogen (secondary N) is 2. The number of alkyl carbamates (subject to hydrolysis) is 1. The minimum atomic E-state index is -5.53. The van der Waals surface area contributed by atoms with Crippen molar-refractivity contribution in [3.63, 3.8) is 0 Å². The molecule has 13 heteroatoms. The topological polar surface area (TPSA) is 105 Å². The zero-order chi connectivity index (χ0) is 26.0. The molecule has 0 aliphatic heterocycles. The molecule has 0 saturated carbocycles. The molecule has 7 nitrogen and oxygen atoms in total. The molecule has 35 heavy (non-hydrogen) atoms. The number of fused-ring (bicyclic) bond motifs is 3. The molecule has 0 spiro atoms. The van der Waals surface area contributed by atoms with E-state index in [0.29, 0.717) is 0 Å². The van der Waals surface area contributed by atoms with E-state index in [4.69, 9.17) is 9.84 Å². The first kappa shape index (κ1) is 25.8. The average molecular weight is 504 g/mol. The van der Waals surface area contributed by atoms with Crippen molar-refractivity contribution < 1.29 is 50.6 Å². The number of benzene rings is 2. The summed E-state index contributed by atoms with van der Waals surface area (Å²) >= 11 is 0. The minimum Gasteiger partial charge on any atom is -0.479 e. The first-order valence-corrected chi connectivity index (χ1v) is 10.1. The Labute approximate surface area is 194 Å². The molecular formula is C22H18F6N2O5. The smallest absolute Gasteiger partial charge is 0.419 e. The Hall–Kier alpha value is -3.77. The lowest BCUT2D eigenvalue weighted by molar-refractivity contribution is -0.195. The Balaban J connectivity index is 1.64. The molecule has 0 fully saturated rings. The van der Waals surface area contributed by atoms with Crippen LogP contribution < -0.4 is 10.6 Å². The van der Waals surface area contributed by atoms with Gasteiger partial charge >= 0.3 is 24.4 Å². The van der Waals surface area contributed by atoms with E-state index < -0.39 is 54.7 Å². The SMILES string of the molecule is O=C(NCC(C(=O)NC(C(=O)O)C(F)(F)F)C(F)(F)F)OCC1c2ccccc2-c2ccccc21. The highest BCUT2D eigenvalue weighted by Crippen LogP contribution is 2.44. The highest BCUT2D eigenvalue weighted by atomic mass is 19.4. The van der Waals surface area contributed by atoms with E-state index in [1.165, 1.54) is 0 Å². The zero-order valence-electron chi connectivity index (χ0n) is 17.6. The van der Waals surface area contributed by atoms with Gasteiger partial charge in [-0.2, -0.15) is 26.3 Å². The number of ether oxygens (including phenoxy) is 1. The van der Waals surface area contributed by atoms with Crippen molar-refractivity contribution in [2.75, 3.05) is 13.2 Å². The van der Waals surface area contributed by atoms with Gasteiger partial charge in [0.25, 0.3) is 0 Å². The molecule has 2 atom stereocenters. The maximum atomic E-state index is 13.2. The molecule has 2 aromatic carbocycles. The van der Waals surface area contributed by atoms with E-state index in [1.54, 1.807) is 17.4 Å². The van der Waals surface area contributed by atoms with Crippen LogP contribution in [0, 0.1) is 5.92 Å². The molecule has 0 saturated heterocycles. The molecule has 1 aliphatic carbocycles. The number of amides is 2. The summed E-state index contributed by atoms with van der Waals surface area (Å²) in [6, 6.07) is 11.0. The molecule has 1 aliphatic rings. The van der Waals surface area contributed by atoms with Gasteiger partial charge in [-0.05, 0) is 22.3 Å². The van der Waals surface area contributed by atoms with Crippen molar-refractivity contribution in [2.45, 2.75) is 24.3 Å². The maximum absolute atomic E-state index is 13.2. The van der Waals surface area contributed by atoms with Crippen LogP contribution in [-0.2, 0) is 14.3 Å². The van der Waals surface area contributed by atoms with Gasteiger partial charge in [0.15, 0.2) is 5.92 Å². The summed E-state index contributed by atoms with van der Waals surface area (Å²) in [6.07, 6.45) is -12.2. The van der Waals surface area contributed by atoms with Gasteiger partial charge < -0.3 is 20.5 Å². The summed E-state index contributed by atoms with van der Waals surface area (Å²) in [4.78, 5) is 34.6. The van der Waals surface area contributed by atoms with Crippen molar-refractivity contribution in [2.24, 2.45) is 5.92 Å². The van der Waals surface area contributed by atoms with Crippen molar-refractivity contribution >= 4 is 18.0 Å². The number of hydrogen-bond donors (Lipinski definition) is 3. The number of carbonyl (C=O) groups excluding carboxylic acids is 2. The minimum absolute atomic E-state index is 0.252. The summed E-state index contributed by atoms with van der Waals surface area (Å²) < 4.78 is 82.9. The Morgan fingerprint density at radius 2 is 1.40 bits per heavy atom. The lowest BCUT2D eigenvalue weighted by atomic mass is 9.98. The number of rotatable bonds is 7. The van der Waals surface area contributed by atoms with E-state index in [-0.39, 0.29) is 6.61 Å². The van der Waals surface area contributed by atoms with Crippen LogP contribution in [0.5, 0.6) is 0 Å². The van der Waals surface area contributed by atoms with Gasteiger partial charge in [0.1, 0.15) is 6.61 Å². The van der Waals surface area contributed by atoms with Gasteiger partial charge in [0.2, 0.25) is 11.9 Å². The molecule has 2 unspecified atom stereocenters. The first-order chi connectivity index (χ1) is 16.3. The van der Waals surface area contributed by atoms with Crippen LogP contribution in [0.4, 0.5) is 31.1 Å². The molecule has 2 amide bonds. The molecule has 0 aromatic heterocycles. The Morgan fingerprint density at radius 1 is 0.886 bits per heavy atom. The van der Waals surface area contributed by atoms with Gasteiger partial charge in [-0.25, -0.2) is 9.59 Å². The van der Waals surface area contributed by atoms with Crippen LogP contribution in [0.2, 0.25) is 0 Å². The number of aliphatic carboxylic acids is 1. The van der Waals surface area contributed by atoms with Crippen LogP contribution in [0.3, 0.4) is 0 Å². The van der Waals surface area contributed by atoms with Crippen molar-refractivity contribution in [3.8, 4) is 11.1 Å². The molecule has 0 bridgehead atoms. The maximum Gasteiger partial charge on any atom is 0.419 e. The highest BCUT2D eigenvalue weighted by Gasteiger charge is 2.51. The molecule has 188 valence electrons. The lowest BCUT2D eigenvalue weighted by Gasteiger charge is -2.23. The van der Waals surface area contributed by atoms with E-state index in [2.05, 4.69) is 0 Å². The van der Waals surface area contributed by atoms with Crippen molar-refractivity contribution in [3.05, 3.63) is 59.7 Å². The van der Waals surface area contributed by atoms with Crippen LogP contribution in [-0.4, -0.2) is 54.6 Å². The predicted molar refractivity (Wildman–Crippen MR) is 108 cm³/mol. The number of halogens is 6. The number of alkyl halides is 6. The third kappa shape index (κ3) is 5.84. The third-order valence-corrected chi connectivity index (χ3v) is 5.37. The van der Waals surface area contributed by atoms with Crippen LogP contribution in [0.15, 0.2) is 48.5 Å². The van der Waals surface area contributed by atoms with Gasteiger partial charge in [0, 0.05) is 12.5 Å². The van der Waals surface area contributed by atoms with Crippen LogP contribution >= 0.6 is 0 Å². The number of carboxylic acids is 1. The highest BCUT2D eigenvalue weighted by molar-refractivity contribution is 5.86. The molecule has 3 N–H and O–H groups in total. The van der Waals surface area contributed by atoms with Gasteiger partial charge in [-0.1, -0.05) is 48.5 Å². The zero-order valence-corrected chi connectivity index (χ0v) is 17.6. The summed E-state index contributed by atoms with van der Waals surface area (Å²) in [5.74, 6) is -8.40. The van der Waals surface area contributed by atoms with E-state index >= 15 is 0 Å².